The maximum atomic E-state index is 12.7. The Labute approximate surface area is 170 Å². The van der Waals surface area contributed by atoms with Crippen LogP contribution in [0.3, 0.4) is 0 Å². The van der Waals surface area contributed by atoms with Gasteiger partial charge in [-0.3, -0.25) is 14.6 Å². The predicted octanol–water partition coefficient (Wildman–Crippen LogP) is 2.53. The second-order valence-electron chi connectivity index (χ2n) is 7.88. The van der Waals surface area contributed by atoms with Crippen LogP contribution in [-0.4, -0.2) is 51.5 Å². The molecule has 1 saturated heterocycles. The lowest BCUT2D eigenvalue weighted by Gasteiger charge is -2.31. The summed E-state index contributed by atoms with van der Waals surface area (Å²) in [7, 11) is 0. The summed E-state index contributed by atoms with van der Waals surface area (Å²) in [6, 6.07) is 3.73. The number of pyridine rings is 1. The number of hydrogen-bond donors (Lipinski definition) is 1. The third-order valence-electron chi connectivity index (χ3n) is 5.88. The maximum Gasteiger partial charge on any atom is 0.230 e. The third-order valence-corrected chi connectivity index (χ3v) is 5.88. The second-order valence-corrected chi connectivity index (χ2v) is 7.88. The summed E-state index contributed by atoms with van der Waals surface area (Å²) in [4.78, 5) is 35.4. The molecule has 0 radical (unpaired) electrons. The summed E-state index contributed by atoms with van der Waals surface area (Å²) in [6.45, 7) is 1.73. The van der Waals surface area contributed by atoms with Crippen molar-refractivity contribution < 1.29 is 14.1 Å². The van der Waals surface area contributed by atoms with E-state index in [9.17, 15) is 9.59 Å². The average molecular weight is 397 g/mol. The Balaban J connectivity index is 1.44. The van der Waals surface area contributed by atoms with E-state index in [0.29, 0.717) is 37.8 Å². The van der Waals surface area contributed by atoms with E-state index in [-0.39, 0.29) is 23.7 Å². The highest BCUT2D eigenvalue weighted by molar-refractivity contribution is 5.81. The lowest BCUT2D eigenvalue weighted by molar-refractivity contribution is -0.138. The standard InChI is InChI=1S/C21H27N5O3/c27-18-9-13-26(21(28)16-4-1-5-16)12-3-7-15(8-11-23-18)20-24-19(25-29-20)17-6-2-10-22-14-17/h2,6,10,14-16H,1,3-5,7-9,11-13H2,(H,23,27). The Hall–Kier alpha value is -2.77. The van der Waals surface area contributed by atoms with Gasteiger partial charge < -0.3 is 14.7 Å². The van der Waals surface area contributed by atoms with Gasteiger partial charge in [0.25, 0.3) is 0 Å². The van der Waals surface area contributed by atoms with E-state index in [1.54, 1.807) is 12.4 Å². The highest BCUT2D eigenvalue weighted by atomic mass is 16.5. The summed E-state index contributed by atoms with van der Waals surface area (Å²) in [5, 5.41) is 7.06. The fourth-order valence-corrected chi connectivity index (χ4v) is 3.89. The van der Waals surface area contributed by atoms with Crippen molar-refractivity contribution in [2.24, 2.45) is 5.92 Å². The molecular weight excluding hydrogens is 370 g/mol. The molecule has 1 unspecified atom stereocenters. The molecule has 4 rings (SSSR count). The Kier molecular flexibility index (Phi) is 6.17. The van der Waals surface area contributed by atoms with Gasteiger partial charge in [-0.25, -0.2) is 0 Å². The van der Waals surface area contributed by atoms with Gasteiger partial charge in [0.2, 0.25) is 23.5 Å². The first-order valence-electron chi connectivity index (χ1n) is 10.5. The van der Waals surface area contributed by atoms with Gasteiger partial charge in [-0.2, -0.15) is 4.98 Å². The first-order valence-corrected chi connectivity index (χ1v) is 10.5. The smallest absolute Gasteiger partial charge is 0.230 e. The summed E-state index contributed by atoms with van der Waals surface area (Å²) < 4.78 is 5.54. The molecule has 154 valence electrons. The van der Waals surface area contributed by atoms with Crippen molar-refractivity contribution in [2.45, 2.75) is 50.9 Å². The second kappa shape index (κ2) is 9.15. The normalized spacial score (nSPS) is 21.7. The van der Waals surface area contributed by atoms with Gasteiger partial charge in [0, 0.05) is 55.8 Å². The molecule has 1 aliphatic carbocycles. The molecule has 29 heavy (non-hydrogen) atoms. The highest BCUT2D eigenvalue weighted by Crippen LogP contribution is 2.30. The lowest BCUT2D eigenvalue weighted by atomic mass is 9.84. The van der Waals surface area contributed by atoms with Crippen molar-refractivity contribution in [1.82, 2.24) is 25.3 Å². The zero-order chi connectivity index (χ0) is 20.1. The van der Waals surface area contributed by atoms with Gasteiger partial charge in [0.05, 0.1) is 0 Å². The van der Waals surface area contributed by atoms with Gasteiger partial charge in [0.1, 0.15) is 0 Å². The fourth-order valence-electron chi connectivity index (χ4n) is 3.89. The molecule has 2 aliphatic rings. The molecule has 0 spiro atoms. The van der Waals surface area contributed by atoms with Crippen LogP contribution in [0.4, 0.5) is 0 Å². The number of rotatable bonds is 3. The molecule has 0 bridgehead atoms. The summed E-state index contributed by atoms with van der Waals surface area (Å²) >= 11 is 0. The zero-order valence-electron chi connectivity index (χ0n) is 16.5. The Morgan fingerprint density at radius 1 is 1.17 bits per heavy atom. The maximum absolute atomic E-state index is 12.7. The van der Waals surface area contributed by atoms with E-state index < -0.39 is 0 Å². The molecule has 2 aromatic rings. The molecule has 2 amide bonds. The van der Waals surface area contributed by atoms with Gasteiger partial charge in [-0.05, 0) is 44.2 Å². The summed E-state index contributed by atoms with van der Waals surface area (Å²) in [6.07, 6.45) is 9.26. The van der Waals surface area contributed by atoms with Crippen molar-refractivity contribution in [2.75, 3.05) is 19.6 Å². The topological polar surface area (TPSA) is 101 Å². The molecule has 1 aliphatic heterocycles. The van der Waals surface area contributed by atoms with E-state index in [0.717, 1.165) is 44.1 Å². The van der Waals surface area contributed by atoms with Crippen molar-refractivity contribution in [3.05, 3.63) is 30.4 Å². The highest BCUT2D eigenvalue weighted by Gasteiger charge is 2.30. The van der Waals surface area contributed by atoms with Crippen LogP contribution in [0.2, 0.25) is 0 Å². The van der Waals surface area contributed by atoms with Gasteiger partial charge in [0.15, 0.2) is 0 Å². The molecule has 2 fully saturated rings. The van der Waals surface area contributed by atoms with Gasteiger partial charge >= 0.3 is 0 Å². The predicted molar refractivity (Wildman–Crippen MR) is 106 cm³/mol. The number of hydrogen-bond acceptors (Lipinski definition) is 6. The SMILES string of the molecule is O=C1CCN(C(=O)C2CCC2)CCCC(c2nc(-c3cccnc3)no2)CCN1. The number of amides is 2. The van der Waals surface area contributed by atoms with E-state index in [4.69, 9.17) is 4.52 Å². The van der Waals surface area contributed by atoms with E-state index >= 15 is 0 Å². The number of carbonyl (C=O) groups excluding carboxylic acids is 2. The number of aromatic nitrogens is 3. The quantitative estimate of drug-likeness (QED) is 0.854. The molecular formula is C21H27N5O3. The van der Waals surface area contributed by atoms with Crippen LogP contribution in [0, 0.1) is 5.92 Å². The molecule has 1 atom stereocenters. The number of nitrogens with zero attached hydrogens (tertiary/aromatic N) is 4. The van der Waals surface area contributed by atoms with Crippen molar-refractivity contribution in [3.8, 4) is 11.4 Å². The average Bonchev–Trinajstić information content (AvgIpc) is 3.17. The molecule has 8 nitrogen and oxygen atoms in total. The third kappa shape index (κ3) is 4.81. The zero-order valence-corrected chi connectivity index (χ0v) is 16.5. The van der Waals surface area contributed by atoms with Gasteiger partial charge in [-0.1, -0.05) is 11.6 Å². The van der Waals surface area contributed by atoms with Gasteiger partial charge in [-0.15, -0.1) is 0 Å². The lowest BCUT2D eigenvalue weighted by Crippen LogP contribution is -2.41. The summed E-state index contributed by atoms with van der Waals surface area (Å²) in [5.41, 5.74) is 0.810. The molecule has 1 saturated carbocycles. The van der Waals surface area contributed by atoms with Crippen LogP contribution in [0.25, 0.3) is 11.4 Å². The van der Waals surface area contributed by atoms with E-state index in [1.165, 1.54) is 0 Å². The number of nitrogens with one attached hydrogen (secondary N) is 1. The largest absolute Gasteiger partial charge is 0.356 e. The van der Waals surface area contributed by atoms with Crippen LogP contribution >= 0.6 is 0 Å². The summed E-state index contributed by atoms with van der Waals surface area (Å²) in [5.74, 6) is 1.49. The molecule has 1 N–H and O–H groups in total. The Morgan fingerprint density at radius 3 is 2.83 bits per heavy atom. The Bertz CT molecular complexity index is 834. The molecule has 3 heterocycles. The first kappa shape index (κ1) is 19.5. The van der Waals surface area contributed by atoms with Crippen molar-refractivity contribution in [3.63, 3.8) is 0 Å². The minimum atomic E-state index is -0.0152. The monoisotopic (exact) mass is 397 g/mol. The number of carbonyl (C=O) groups is 2. The van der Waals surface area contributed by atoms with Crippen molar-refractivity contribution >= 4 is 11.8 Å². The van der Waals surface area contributed by atoms with Crippen molar-refractivity contribution in [1.29, 1.82) is 0 Å². The van der Waals surface area contributed by atoms with Crippen LogP contribution < -0.4 is 5.32 Å². The fraction of sp³-hybridized carbons (Fsp3) is 0.571. The minimum absolute atomic E-state index is 0.0152. The Morgan fingerprint density at radius 2 is 2.07 bits per heavy atom. The van der Waals surface area contributed by atoms with E-state index in [1.807, 2.05) is 17.0 Å². The molecule has 8 heteroatoms. The minimum Gasteiger partial charge on any atom is -0.356 e. The van der Waals surface area contributed by atoms with Crippen LogP contribution in [0.5, 0.6) is 0 Å². The molecule has 2 aromatic heterocycles. The molecule has 0 aromatic carbocycles. The van der Waals surface area contributed by atoms with Crippen LogP contribution in [-0.2, 0) is 9.59 Å². The first-order chi connectivity index (χ1) is 14.2. The van der Waals surface area contributed by atoms with Crippen LogP contribution in [0.1, 0.15) is 56.8 Å². The van der Waals surface area contributed by atoms with E-state index in [2.05, 4.69) is 20.4 Å². The van der Waals surface area contributed by atoms with Crippen LogP contribution in [0.15, 0.2) is 29.0 Å².